The second-order valence-corrected chi connectivity index (χ2v) is 3.62. The first kappa shape index (κ1) is 31.0. The standard InChI is InChI=1S/C4H8O.3C4H10.Sn.4H/c1-3-5-4-2;3*1-3-4-2;;;;;/h3H,1,4H2,2H3;3*3-4H2,1-2H3;;;;;. The summed E-state index contributed by atoms with van der Waals surface area (Å²) in [7, 11) is 0. The van der Waals surface area contributed by atoms with Crippen molar-refractivity contribution in [1.82, 2.24) is 0 Å². The SMILES string of the molecule is C=COCC.CCCC.CCCC.CCCC.[SnH4]. The molecular formula is C16H42OSn. The van der Waals surface area contributed by atoms with Gasteiger partial charge in [-0.15, -0.1) is 0 Å². The van der Waals surface area contributed by atoms with E-state index in [2.05, 4.69) is 52.9 Å². The van der Waals surface area contributed by atoms with Crippen LogP contribution >= 0.6 is 0 Å². The summed E-state index contributed by atoms with van der Waals surface area (Å²) in [5.41, 5.74) is 0. The van der Waals surface area contributed by atoms with Crippen LogP contribution in [0.4, 0.5) is 0 Å². The third-order valence-electron chi connectivity index (χ3n) is 1.78. The maximum atomic E-state index is 4.60. The van der Waals surface area contributed by atoms with E-state index in [1.807, 2.05) is 6.92 Å². The van der Waals surface area contributed by atoms with E-state index in [-0.39, 0.29) is 23.9 Å². The summed E-state index contributed by atoms with van der Waals surface area (Å²) in [5.74, 6) is 0. The average Bonchev–Trinajstić information content (AvgIpc) is 2.40. The molecule has 0 rings (SSSR count). The van der Waals surface area contributed by atoms with Gasteiger partial charge in [0.1, 0.15) is 0 Å². The molecule has 0 spiro atoms. The van der Waals surface area contributed by atoms with Gasteiger partial charge in [0.05, 0.1) is 12.9 Å². The molecule has 0 aliphatic rings. The molecule has 0 aromatic heterocycles. The summed E-state index contributed by atoms with van der Waals surface area (Å²) in [6.45, 7) is 19.1. The first-order valence-electron chi connectivity index (χ1n) is 7.38. The molecule has 0 bridgehead atoms. The van der Waals surface area contributed by atoms with E-state index in [1.165, 1.54) is 44.8 Å². The van der Waals surface area contributed by atoms with Crippen molar-refractivity contribution in [3.63, 3.8) is 0 Å². The molecule has 0 aliphatic heterocycles. The Kier molecular flexibility index (Phi) is 91.4. The molecule has 18 heavy (non-hydrogen) atoms. The Balaban J connectivity index is -0.0000000412. The van der Waals surface area contributed by atoms with Crippen molar-refractivity contribution in [1.29, 1.82) is 0 Å². The van der Waals surface area contributed by atoms with E-state index in [9.17, 15) is 0 Å². The van der Waals surface area contributed by atoms with E-state index in [1.54, 1.807) is 0 Å². The maximum absolute atomic E-state index is 4.60. The summed E-state index contributed by atoms with van der Waals surface area (Å²) in [6.07, 6.45) is 9.35. The van der Waals surface area contributed by atoms with Crippen LogP contribution in [-0.2, 0) is 4.74 Å². The zero-order valence-electron chi connectivity index (χ0n) is 13.6. The quantitative estimate of drug-likeness (QED) is 0.482. The molecule has 0 heterocycles. The number of hydrogen-bond acceptors (Lipinski definition) is 1. The van der Waals surface area contributed by atoms with Crippen molar-refractivity contribution in [3.05, 3.63) is 12.8 Å². The van der Waals surface area contributed by atoms with Crippen molar-refractivity contribution in [2.75, 3.05) is 6.61 Å². The van der Waals surface area contributed by atoms with Crippen molar-refractivity contribution < 1.29 is 4.74 Å². The molecule has 0 atom stereocenters. The van der Waals surface area contributed by atoms with E-state index in [4.69, 9.17) is 0 Å². The van der Waals surface area contributed by atoms with Crippen LogP contribution in [0, 0.1) is 0 Å². The predicted molar refractivity (Wildman–Crippen MR) is 94.9 cm³/mol. The molecule has 0 aromatic carbocycles. The van der Waals surface area contributed by atoms with E-state index in [0.29, 0.717) is 0 Å². The second kappa shape index (κ2) is 53.1. The summed E-state index contributed by atoms with van der Waals surface area (Å²) in [6, 6.07) is 0. The molecule has 0 saturated heterocycles. The molecule has 0 aliphatic carbocycles. The normalized spacial score (nSPS) is 6.83. The van der Waals surface area contributed by atoms with E-state index in [0.717, 1.165) is 6.61 Å². The van der Waals surface area contributed by atoms with Crippen LogP contribution < -0.4 is 0 Å². The summed E-state index contributed by atoms with van der Waals surface area (Å²) in [5, 5.41) is 0. The molecule has 0 saturated carbocycles. The number of ether oxygens (including phenoxy) is 1. The number of unbranched alkanes of at least 4 members (excludes halogenated alkanes) is 3. The fourth-order valence-corrected chi connectivity index (χ4v) is 0.118. The molecule has 0 fully saturated rings. The molecular weight excluding hydrogens is 327 g/mol. The van der Waals surface area contributed by atoms with Crippen LogP contribution in [0.15, 0.2) is 12.8 Å². The van der Waals surface area contributed by atoms with Crippen LogP contribution in [0.3, 0.4) is 0 Å². The van der Waals surface area contributed by atoms with Crippen LogP contribution in [0.5, 0.6) is 0 Å². The van der Waals surface area contributed by atoms with Gasteiger partial charge in [-0.25, -0.2) is 0 Å². The van der Waals surface area contributed by atoms with Gasteiger partial charge in [0.25, 0.3) is 0 Å². The fraction of sp³-hybridized carbons (Fsp3) is 0.875. The zero-order chi connectivity index (χ0) is 14.4. The van der Waals surface area contributed by atoms with Gasteiger partial charge < -0.3 is 4.74 Å². The van der Waals surface area contributed by atoms with Gasteiger partial charge in [-0.2, -0.15) is 0 Å². The van der Waals surface area contributed by atoms with Crippen molar-refractivity contribution in [2.45, 2.75) is 87.0 Å². The van der Waals surface area contributed by atoms with Gasteiger partial charge in [-0.3, -0.25) is 0 Å². The zero-order valence-corrected chi connectivity index (χ0v) is 13.6. The Bertz CT molecular complexity index is 69.7. The summed E-state index contributed by atoms with van der Waals surface area (Å²) < 4.78 is 4.60. The topological polar surface area (TPSA) is 9.23 Å². The van der Waals surface area contributed by atoms with Crippen molar-refractivity contribution in [2.24, 2.45) is 0 Å². The third kappa shape index (κ3) is 135. The Morgan fingerprint density at radius 2 is 0.889 bits per heavy atom. The predicted octanol–water partition coefficient (Wildman–Crippen LogP) is 5.13. The number of hydrogen-bond donors (Lipinski definition) is 0. The molecule has 0 radical (unpaired) electrons. The van der Waals surface area contributed by atoms with Crippen molar-refractivity contribution >= 4 is 23.9 Å². The van der Waals surface area contributed by atoms with Crippen LogP contribution in [0.25, 0.3) is 0 Å². The molecule has 116 valence electrons. The van der Waals surface area contributed by atoms with E-state index < -0.39 is 0 Å². The molecule has 0 aromatic rings. The molecule has 0 N–H and O–H groups in total. The average molecular weight is 369 g/mol. The minimum absolute atomic E-state index is 0. The minimum atomic E-state index is 0. The van der Waals surface area contributed by atoms with Crippen LogP contribution in [0.1, 0.15) is 87.0 Å². The van der Waals surface area contributed by atoms with Gasteiger partial charge in [0.2, 0.25) is 0 Å². The Labute approximate surface area is 135 Å². The molecule has 2 heteroatoms. The third-order valence-corrected chi connectivity index (χ3v) is 1.78. The molecule has 0 amide bonds. The second-order valence-electron chi connectivity index (χ2n) is 3.62. The Morgan fingerprint density at radius 3 is 0.889 bits per heavy atom. The summed E-state index contributed by atoms with van der Waals surface area (Å²) in [4.78, 5) is 0. The van der Waals surface area contributed by atoms with E-state index >= 15 is 0 Å². The number of rotatable bonds is 5. The molecule has 1 nitrogen and oxygen atoms in total. The van der Waals surface area contributed by atoms with Gasteiger partial charge in [-0.1, -0.05) is 86.6 Å². The first-order chi connectivity index (χ1) is 8.16. The first-order valence-corrected chi connectivity index (χ1v) is 7.38. The van der Waals surface area contributed by atoms with Gasteiger partial charge in [0.15, 0.2) is 0 Å². The fourth-order valence-electron chi connectivity index (χ4n) is 0.118. The summed E-state index contributed by atoms with van der Waals surface area (Å²) >= 11 is 0. The molecule has 0 unspecified atom stereocenters. The van der Waals surface area contributed by atoms with Crippen molar-refractivity contribution in [3.8, 4) is 0 Å². The van der Waals surface area contributed by atoms with Crippen LogP contribution in [0.2, 0.25) is 0 Å². The monoisotopic (exact) mass is 370 g/mol. The Hall–Kier alpha value is 0.339. The Morgan fingerprint density at radius 1 is 0.667 bits per heavy atom. The van der Waals surface area contributed by atoms with Gasteiger partial charge >= 0.3 is 23.9 Å². The van der Waals surface area contributed by atoms with Crippen LogP contribution in [-0.4, -0.2) is 30.5 Å². The van der Waals surface area contributed by atoms with Gasteiger partial charge in [0, 0.05) is 0 Å². The van der Waals surface area contributed by atoms with Gasteiger partial charge in [-0.05, 0) is 6.92 Å².